The third-order valence-corrected chi connectivity index (χ3v) is 5.33. The normalized spacial score (nSPS) is 13.2. The highest BCUT2D eigenvalue weighted by Gasteiger charge is 2.20. The number of amides is 1. The fraction of sp³-hybridized carbons (Fsp3) is 0.250. The predicted octanol–water partition coefficient (Wildman–Crippen LogP) is 4.07. The van der Waals surface area contributed by atoms with Crippen molar-refractivity contribution < 1.29 is 9.18 Å². The van der Waals surface area contributed by atoms with Gasteiger partial charge < -0.3 is 5.32 Å². The van der Waals surface area contributed by atoms with Gasteiger partial charge >= 0.3 is 0 Å². The van der Waals surface area contributed by atoms with E-state index in [9.17, 15) is 9.18 Å². The molecule has 0 radical (unpaired) electrons. The minimum absolute atomic E-state index is 0.115. The van der Waals surface area contributed by atoms with Gasteiger partial charge in [-0.3, -0.25) is 9.36 Å². The highest BCUT2D eigenvalue weighted by atomic mass is 32.2. The summed E-state index contributed by atoms with van der Waals surface area (Å²) < 4.78 is 14.9. The molecule has 1 aromatic heterocycles. The van der Waals surface area contributed by atoms with Crippen LogP contribution in [-0.2, 0) is 4.79 Å². The fourth-order valence-electron chi connectivity index (χ4n) is 2.68. The lowest BCUT2D eigenvalue weighted by Crippen LogP contribution is -2.33. The summed E-state index contributed by atoms with van der Waals surface area (Å²) in [5.74, 6) is -0.409. The number of carbonyl (C=O) groups is 1. The Labute approximate surface area is 162 Å². The van der Waals surface area contributed by atoms with Crippen LogP contribution in [0.1, 0.15) is 31.0 Å². The third-order valence-electron chi connectivity index (χ3n) is 4.27. The molecule has 1 amide bonds. The van der Waals surface area contributed by atoms with Crippen LogP contribution in [0.5, 0.6) is 0 Å². The quantitative estimate of drug-likeness (QED) is 0.651. The number of aromatic nitrogens is 3. The summed E-state index contributed by atoms with van der Waals surface area (Å²) in [7, 11) is 0. The van der Waals surface area contributed by atoms with Crippen molar-refractivity contribution in [1.29, 1.82) is 0 Å². The third kappa shape index (κ3) is 4.54. The average Bonchev–Trinajstić information content (AvgIpc) is 3.10. The summed E-state index contributed by atoms with van der Waals surface area (Å²) >= 11 is 1.35. The molecule has 0 fully saturated rings. The minimum atomic E-state index is -0.361. The van der Waals surface area contributed by atoms with Crippen LogP contribution < -0.4 is 5.32 Å². The van der Waals surface area contributed by atoms with Crippen molar-refractivity contribution in [3.8, 4) is 5.69 Å². The molecule has 0 bridgehead atoms. The number of rotatable bonds is 6. The molecule has 3 rings (SSSR count). The Kier molecular flexibility index (Phi) is 5.91. The van der Waals surface area contributed by atoms with Gasteiger partial charge in [0, 0.05) is 0 Å². The number of nitrogens with zero attached hydrogens (tertiary/aromatic N) is 3. The molecular formula is C20H21FN4OS. The van der Waals surface area contributed by atoms with Gasteiger partial charge in [0.2, 0.25) is 5.91 Å². The fourth-order valence-corrected chi connectivity index (χ4v) is 3.53. The summed E-state index contributed by atoms with van der Waals surface area (Å²) in [5.41, 5.74) is 2.93. The van der Waals surface area contributed by atoms with E-state index in [-0.39, 0.29) is 23.0 Å². The molecule has 1 heterocycles. The Morgan fingerprint density at radius 3 is 2.56 bits per heavy atom. The summed E-state index contributed by atoms with van der Waals surface area (Å²) in [5, 5.41) is 11.4. The van der Waals surface area contributed by atoms with E-state index >= 15 is 0 Å². The van der Waals surface area contributed by atoms with Crippen LogP contribution in [0.3, 0.4) is 0 Å². The van der Waals surface area contributed by atoms with Crippen LogP contribution in [0.4, 0.5) is 4.39 Å². The van der Waals surface area contributed by atoms with Crippen LogP contribution in [0.2, 0.25) is 0 Å². The molecule has 2 aromatic carbocycles. The summed E-state index contributed by atoms with van der Waals surface area (Å²) in [6.45, 7) is 5.72. The second kappa shape index (κ2) is 8.35. The highest BCUT2D eigenvalue weighted by molar-refractivity contribution is 8.00. The number of hydrogen-bond donors (Lipinski definition) is 1. The van der Waals surface area contributed by atoms with E-state index in [1.165, 1.54) is 23.9 Å². The molecule has 1 N–H and O–H groups in total. The standard InChI is InChI=1S/C20H21FN4OS/c1-13-6-4-5-7-18(13)25-12-22-24-20(25)27-15(3)19(26)23-14(2)16-8-10-17(21)11-9-16/h4-12,14-15H,1-3H3,(H,23,26)/t14-,15-/m1/s1. The number of hydrogen-bond acceptors (Lipinski definition) is 4. The van der Waals surface area contributed by atoms with Gasteiger partial charge in [0.25, 0.3) is 0 Å². The summed E-state index contributed by atoms with van der Waals surface area (Å²) in [4.78, 5) is 12.6. The van der Waals surface area contributed by atoms with E-state index < -0.39 is 0 Å². The van der Waals surface area contributed by atoms with Crippen molar-refractivity contribution >= 4 is 17.7 Å². The van der Waals surface area contributed by atoms with Crippen molar-refractivity contribution in [2.24, 2.45) is 0 Å². The Morgan fingerprint density at radius 1 is 1.15 bits per heavy atom. The lowest BCUT2D eigenvalue weighted by molar-refractivity contribution is -0.120. The van der Waals surface area contributed by atoms with Crippen molar-refractivity contribution in [2.45, 2.75) is 37.2 Å². The zero-order valence-electron chi connectivity index (χ0n) is 15.4. The lowest BCUT2D eigenvalue weighted by atomic mass is 10.1. The molecule has 0 saturated heterocycles. The molecule has 0 unspecified atom stereocenters. The molecule has 2 atom stereocenters. The maximum Gasteiger partial charge on any atom is 0.233 e. The first-order valence-electron chi connectivity index (χ1n) is 8.64. The number of benzene rings is 2. The van der Waals surface area contributed by atoms with Gasteiger partial charge in [-0.25, -0.2) is 4.39 Å². The molecule has 0 aliphatic rings. The predicted molar refractivity (Wildman–Crippen MR) is 104 cm³/mol. The van der Waals surface area contributed by atoms with Gasteiger partial charge in [-0.2, -0.15) is 0 Å². The molecule has 0 aliphatic carbocycles. The monoisotopic (exact) mass is 384 g/mol. The van der Waals surface area contributed by atoms with E-state index in [1.807, 2.05) is 49.6 Å². The molecule has 0 aliphatic heterocycles. The minimum Gasteiger partial charge on any atom is -0.349 e. The van der Waals surface area contributed by atoms with Gasteiger partial charge in [0.1, 0.15) is 12.1 Å². The van der Waals surface area contributed by atoms with Crippen LogP contribution >= 0.6 is 11.8 Å². The van der Waals surface area contributed by atoms with E-state index in [4.69, 9.17) is 0 Å². The lowest BCUT2D eigenvalue weighted by Gasteiger charge is -2.18. The first-order valence-corrected chi connectivity index (χ1v) is 9.52. The molecule has 0 spiro atoms. The van der Waals surface area contributed by atoms with Crippen molar-refractivity contribution in [3.63, 3.8) is 0 Å². The smallest absolute Gasteiger partial charge is 0.233 e. The summed E-state index contributed by atoms with van der Waals surface area (Å²) in [6.07, 6.45) is 1.65. The topological polar surface area (TPSA) is 59.8 Å². The van der Waals surface area contributed by atoms with Crippen molar-refractivity contribution in [1.82, 2.24) is 20.1 Å². The second-order valence-electron chi connectivity index (χ2n) is 6.31. The SMILES string of the molecule is Cc1ccccc1-n1cnnc1S[C@H](C)C(=O)N[C@H](C)c1ccc(F)cc1. The maximum atomic E-state index is 13.1. The highest BCUT2D eigenvalue weighted by Crippen LogP contribution is 2.26. The van der Waals surface area contributed by atoms with Crippen LogP contribution in [0.15, 0.2) is 60.0 Å². The van der Waals surface area contributed by atoms with Gasteiger partial charge in [-0.15, -0.1) is 10.2 Å². The number of halogens is 1. The van der Waals surface area contributed by atoms with Crippen LogP contribution in [0, 0.1) is 12.7 Å². The number of thioether (sulfide) groups is 1. The van der Waals surface area contributed by atoms with Gasteiger partial charge in [-0.05, 0) is 50.1 Å². The molecule has 0 saturated carbocycles. The van der Waals surface area contributed by atoms with Crippen molar-refractivity contribution in [3.05, 3.63) is 71.8 Å². The number of aryl methyl sites for hydroxylation is 1. The molecule has 5 nitrogen and oxygen atoms in total. The summed E-state index contributed by atoms with van der Waals surface area (Å²) in [6, 6.07) is 13.9. The first-order chi connectivity index (χ1) is 13.0. The van der Waals surface area contributed by atoms with E-state index in [2.05, 4.69) is 15.5 Å². The van der Waals surface area contributed by atoms with Gasteiger partial charge in [0.05, 0.1) is 17.0 Å². The number of carbonyl (C=O) groups excluding carboxylic acids is 1. The Bertz CT molecular complexity index is 926. The van der Waals surface area contributed by atoms with E-state index in [0.29, 0.717) is 5.16 Å². The Hall–Kier alpha value is -2.67. The second-order valence-corrected chi connectivity index (χ2v) is 7.62. The molecule has 7 heteroatoms. The largest absolute Gasteiger partial charge is 0.349 e. The average molecular weight is 384 g/mol. The zero-order chi connectivity index (χ0) is 19.4. The number of para-hydroxylation sites is 1. The number of nitrogens with one attached hydrogen (secondary N) is 1. The van der Waals surface area contributed by atoms with Crippen LogP contribution in [0.25, 0.3) is 5.69 Å². The Balaban J connectivity index is 1.68. The molecule has 3 aromatic rings. The van der Waals surface area contributed by atoms with Crippen molar-refractivity contribution in [2.75, 3.05) is 0 Å². The van der Waals surface area contributed by atoms with E-state index in [1.54, 1.807) is 18.5 Å². The molecule has 27 heavy (non-hydrogen) atoms. The molecular weight excluding hydrogens is 363 g/mol. The maximum absolute atomic E-state index is 13.1. The van der Waals surface area contributed by atoms with Gasteiger partial charge in [-0.1, -0.05) is 42.1 Å². The zero-order valence-corrected chi connectivity index (χ0v) is 16.2. The van der Waals surface area contributed by atoms with Crippen LogP contribution in [-0.4, -0.2) is 25.9 Å². The Morgan fingerprint density at radius 2 is 1.85 bits per heavy atom. The first kappa shape index (κ1) is 19.1. The van der Waals surface area contributed by atoms with Gasteiger partial charge in [0.15, 0.2) is 5.16 Å². The molecule has 140 valence electrons. The van der Waals surface area contributed by atoms with E-state index in [0.717, 1.165) is 16.8 Å².